The molecule has 10 aromatic carbocycles. The quantitative estimate of drug-likeness (QED) is 0.160. The number of para-hydroxylation sites is 1. The molecule has 0 N–H and O–H groups in total. The molecule has 1 aliphatic carbocycles. The van der Waals surface area contributed by atoms with E-state index in [1.807, 2.05) is 0 Å². The Balaban J connectivity index is 1.22. The first kappa shape index (κ1) is 35.0. The fraction of sp³-hybridized carbons (Fsp3) is 0.0169. The van der Waals surface area contributed by atoms with Crippen LogP contribution in [0.15, 0.2) is 241 Å². The van der Waals surface area contributed by atoms with Crippen LogP contribution in [0.2, 0.25) is 0 Å². The normalized spacial score (nSPS) is 12.7. The van der Waals surface area contributed by atoms with Crippen LogP contribution in [0.25, 0.3) is 66.1 Å². The standard InChI is InChI=1S/C59H39NO/c1-4-19-41(20-5-1)47-37-36-44(43-35-34-40-18-10-11-21-42(40)38-43)39-54(47)60(53-31-17-33-56-58(53)49-27-13-15-32-55(49)61-56)52-30-16-29-51-57(52)48-26-12-14-28-50(48)59(51,45-22-6-2-7-23-45)46-24-8-3-9-25-46/h1-39H. The van der Waals surface area contributed by atoms with Crippen LogP contribution in [0.4, 0.5) is 17.1 Å². The van der Waals surface area contributed by atoms with Gasteiger partial charge in [-0.25, -0.2) is 0 Å². The SMILES string of the molecule is c1ccc(-c2ccc(-c3ccc4ccccc4c3)cc2N(c2cccc3c2-c2ccccc2C3(c2ccccc2)c2ccccc2)c2cccc3oc4ccccc4c23)cc1. The van der Waals surface area contributed by atoms with Gasteiger partial charge in [-0.15, -0.1) is 0 Å². The lowest BCUT2D eigenvalue weighted by atomic mass is 9.68. The Morgan fingerprint density at radius 3 is 1.74 bits per heavy atom. The summed E-state index contributed by atoms with van der Waals surface area (Å²) in [5.41, 5.74) is 16.4. The summed E-state index contributed by atoms with van der Waals surface area (Å²) in [7, 11) is 0. The van der Waals surface area contributed by atoms with E-state index in [2.05, 4.69) is 241 Å². The Bertz CT molecular complexity index is 3380. The van der Waals surface area contributed by atoms with Gasteiger partial charge >= 0.3 is 0 Å². The van der Waals surface area contributed by atoms with Crippen molar-refractivity contribution in [3.05, 3.63) is 259 Å². The van der Waals surface area contributed by atoms with Gasteiger partial charge in [-0.3, -0.25) is 0 Å². The molecular formula is C59H39NO. The second-order valence-electron chi connectivity index (χ2n) is 16.0. The zero-order chi connectivity index (χ0) is 40.3. The monoisotopic (exact) mass is 777 g/mol. The molecule has 12 rings (SSSR count). The molecule has 11 aromatic rings. The van der Waals surface area contributed by atoms with Crippen molar-refractivity contribution in [3.8, 4) is 33.4 Å². The van der Waals surface area contributed by atoms with Gasteiger partial charge in [-0.2, -0.15) is 0 Å². The number of furan rings is 1. The first-order valence-corrected chi connectivity index (χ1v) is 21.0. The van der Waals surface area contributed by atoms with Crippen molar-refractivity contribution in [2.75, 3.05) is 4.90 Å². The molecule has 0 radical (unpaired) electrons. The molecule has 0 saturated heterocycles. The number of fused-ring (bicyclic) bond motifs is 7. The van der Waals surface area contributed by atoms with E-state index < -0.39 is 5.41 Å². The Morgan fingerprint density at radius 1 is 0.344 bits per heavy atom. The van der Waals surface area contributed by atoms with Gasteiger partial charge < -0.3 is 9.32 Å². The van der Waals surface area contributed by atoms with Crippen LogP contribution < -0.4 is 4.90 Å². The summed E-state index contributed by atoms with van der Waals surface area (Å²) in [5, 5.41) is 4.61. The molecule has 0 amide bonds. The molecule has 286 valence electrons. The van der Waals surface area contributed by atoms with Crippen LogP contribution in [0.3, 0.4) is 0 Å². The van der Waals surface area contributed by atoms with E-state index in [0.29, 0.717) is 0 Å². The minimum Gasteiger partial charge on any atom is -0.456 e. The van der Waals surface area contributed by atoms with Gasteiger partial charge in [0.05, 0.1) is 27.9 Å². The molecule has 1 aromatic heterocycles. The fourth-order valence-electron chi connectivity index (χ4n) is 10.1. The molecular weight excluding hydrogens is 739 g/mol. The highest BCUT2D eigenvalue weighted by atomic mass is 16.3. The predicted molar refractivity (Wildman–Crippen MR) is 254 cm³/mol. The summed E-state index contributed by atoms with van der Waals surface area (Å²) in [5.74, 6) is 0. The maximum atomic E-state index is 6.63. The Morgan fingerprint density at radius 2 is 0.934 bits per heavy atom. The van der Waals surface area contributed by atoms with Crippen molar-refractivity contribution in [2.24, 2.45) is 0 Å². The van der Waals surface area contributed by atoms with Gasteiger partial charge in [0.1, 0.15) is 11.2 Å². The van der Waals surface area contributed by atoms with E-state index >= 15 is 0 Å². The lowest BCUT2D eigenvalue weighted by Crippen LogP contribution is -2.28. The zero-order valence-electron chi connectivity index (χ0n) is 33.4. The van der Waals surface area contributed by atoms with Crippen LogP contribution >= 0.6 is 0 Å². The van der Waals surface area contributed by atoms with E-state index in [1.165, 1.54) is 49.7 Å². The molecule has 0 fully saturated rings. The minimum absolute atomic E-state index is 0.556. The zero-order valence-corrected chi connectivity index (χ0v) is 33.4. The molecule has 0 atom stereocenters. The van der Waals surface area contributed by atoms with Gasteiger partial charge in [-0.1, -0.05) is 200 Å². The molecule has 2 nitrogen and oxygen atoms in total. The van der Waals surface area contributed by atoms with Gasteiger partial charge in [0.15, 0.2) is 0 Å². The summed E-state index contributed by atoms with van der Waals surface area (Å²) in [6, 6.07) is 86.2. The second-order valence-corrected chi connectivity index (χ2v) is 16.0. The summed E-state index contributed by atoms with van der Waals surface area (Å²) < 4.78 is 6.63. The third kappa shape index (κ3) is 5.43. The topological polar surface area (TPSA) is 16.4 Å². The van der Waals surface area contributed by atoms with Crippen LogP contribution in [-0.4, -0.2) is 0 Å². The van der Waals surface area contributed by atoms with Crippen molar-refractivity contribution in [1.82, 2.24) is 0 Å². The molecule has 0 saturated carbocycles. The van der Waals surface area contributed by atoms with Gasteiger partial charge in [0.25, 0.3) is 0 Å². The van der Waals surface area contributed by atoms with E-state index in [4.69, 9.17) is 4.42 Å². The maximum absolute atomic E-state index is 6.63. The van der Waals surface area contributed by atoms with Crippen molar-refractivity contribution in [3.63, 3.8) is 0 Å². The number of nitrogens with zero attached hydrogens (tertiary/aromatic N) is 1. The molecule has 0 unspecified atom stereocenters. The molecule has 1 aliphatic rings. The Kier molecular flexibility index (Phi) is 8.11. The largest absolute Gasteiger partial charge is 0.456 e. The van der Waals surface area contributed by atoms with Crippen LogP contribution in [0, 0.1) is 0 Å². The third-order valence-electron chi connectivity index (χ3n) is 12.7. The minimum atomic E-state index is -0.556. The van der Waals surface area contributed by atoms with Crippen molar-refractivity contribution in [2.45, 2.75) is 5.41 Å². The van der Waals surface area contributed by atoms with E-state index in [-0.39, 0.29) is 0 Å². The molecule has 61 heavy (non-hydrogen) atoms. The van der Waals surface area contributed by atoms with Crippen LogP contribution in [0.5, 0.6) is 0 Å². The fourth-order valence-corrected chi connectivity index (χ4v) is 10.1. The number of hydrogen-bond donors (Lipinski definition) is 0. The van der Waals surface area contributed by atoms with Gasteiger partial charge in [-0.05, 0) is 91.7 Å². The van der Waals surface area contributed by atoms with E-state index in [1.54, 1.807) is 0 Å². The Labute approximate surface area is 355 Å². The van der Waals surface area contributed by atoms with Crippen molar-refractivity contribution < 1.29 is 4.42 Å². The molecule has 0 aliphatic heterocycles. The van der Waals surface area contributed by atoms with Crippen LogP contribution in [0.1, 0.15) is 22.3 Å². The molecule has 0 bridgehead atoms. The number of hydrogen-bond acceptors (Lipinski definition) is 2. The molecule has 2 heteroatoms. The highest BCUT2D eigenvalue weighted by Gasteiger charge is 2.47. The third-order valence-corrected chi connectivity index (χ3v) is 12.7. The predicted octanol–water partition coefficient (Wildman–Crippen LogP) is 15.9. The first-order chi connectivity index (χ1) is 30.3. The maximum Gasteiger partial charge on any atom is 0.137 e. The highest BCUT2D eigenvalue weighted by Crippen LogP contribution is 2.60. The second kappa shape index (κ2) is 14.1. The first-order valence-electron chi connectivity index (χ1n) is 21.0. The van der Waals surface area contributed by atoms with Crippen molar-refractivity contribution in [1.29, 1.82) is 0 Å². The van der Waals surface area contributed by atoms with E-state index in [9.17, 15) is 0 Å². The smallest absolute Gasteiger partial charge is 0.137 e. The average molecular weight is 778 g/mol. The summed E-state index contributed by atoms with van der Waals surface area (Å²) in [6.07, 6.45) is 0. The van der Waals surface area contributed by atoms with Crippen molar-refractivity contribution >= 4 is 49.8 Å². The Hall–Kier alpha value is -7.94. The van der Waals surface area contributed by atoms with E-state index in [0.717, 1.165) is 55.7 Å². The van der Waals surface area contributed by atoms with Gasteiger partial charge in [0, 0.05) is 16.5 Å². The number of benzene rings is 10. The lowest BCUT2D eigenvalue weighted by Gasteiger charge is -2.35. The lowest BCUT2D eigenvalue weighted by molar-refractivity contribution is 0.669. The highest BCUT2D eigenvalue weighted by molar-refractivity contribution is 6.15. The molecule has 0 spiro atoms. The summed E-state index contributed by atoms with van der Waals surface area (Å²) in [4.78, 5) is 2.53. The molecule has 1 heterocycles. The average Bonchev–Trinajstić information content (AvgIpc) is 3.87. The number of rotatable bonds is 7. The van der Waals surface area contributed by atoms with Gasteiger partial charge in [0.2, 0.25) is 0 Å². The number of anilines is 3. The summed E-state index contributed by atoms with van der Waals surface area (Å²) >= 11 is 0. The van der Waals surface area contributed by atoms with Crippen LogP contribution in [-0.2, 0) is 5.41 Å². The summed E-state index contributed by atoms with van der Waals surface area (Å²) in [6.45, 7) is 0.